The average molecular weight is 312 g/mol. The van der Waals surface area contributed by atoms with Gasteiger partial charge in [-0.25, -0.2) is 4.98 Å². The third-order valence-corrected chi connectivity index (χ3v) is 3.70. The van der Waals surface area contributed by atoms with Crippen molar-refractivity contribution < 1.29 is 4.42 Å². The fraction of sp³-hybridized carbons (Fsp3) is 0. The molecule has 0 saturated heterocycles. The molecule has 0 fully saturated rings. The highest BCUT2D eigenvalue weighted by Crippen LogP contribution is 2.30. The van der Waals surface area contributed by atoms with Crippen LogP contribution in [0.2, 0.25) is 5.02 Å². The smallest absolute Gasteiger partial charge is 0.260 e. The van der Waals surface area contributed by atoms with E-state index in [1.165, 1.54) is 6.26 Å². The number of benzene rings is 1. The minimum absolute atomic E-state index is 0.215. The van der Waals surface area contributed by atoms with Gasteiger partial charge in [-0.3, -0.25) is 4.79 Å². The van der Waals surface area contributed by atoms with Gasteiger partial charge in [0.25, 0.3) is 5.56 Å². The Morgan fingerprint density at radius 2 is 1.95 bits per heavy atom. The lowest BCUT2D eigenvalue weighted by Crippen LogP contribution is -2.06. The first-order chi connectivity index (χ1) is 10.7. The lowest BCUT2D eigenvalue weighted by Gasteiger charge is -2.09. The third-order valence-electron chi connectivity index (χ3n) is 3.44. The molecular weight excluding hydrogens is 302 g/mol. The number of nitrogens with one attached hydrogen (secondary N) is 2. The SMILES string of the molecule is O=c1[nH]c2nccc(Nc3ccc(Cl)cc3)c2c2occc12. The molecule has 2 N–H and O–H groups in total. The van der Waals surface area contributed by atoms with Crippen LogP contribution in [-0.4, -0.2) is 9.97 Å². The van der Waals surface area contributed by atoms with Crippen molar-refractivity contribution in [3.63, 3.8) is 0 Å². The van der Waals surface area contributed by atoms with Crippen molar-refractivity contribution in [2.45, 2.75) is 0 Å². The number of aromatic nitrogens is 2. The van der Waals surface area contributed by atoms with Gasteiger partial charge in [-0.1, -0.05) is 11.6 Å². The molecule has 0 atom stereocenters. The molecule has 3 heterocycles. The van der Waals surface area contributed by atoms with Gasteiger partial charge >= 0.3 is 0 Å². The van der Waals surface area contributed by atoms with Crippen LogP contribution in [0.25, 0.3) is 22.0 Å². The van der Waals surface area contributed by atoms with Crippen molar-refractivity contribution in [1.82, 2.24) is 9.97 Å². The van der Waals surface area contributed by atoms with Crippen LogP contribution in [0.4, 0.5) is 11.4 Å². The molecule has 3 aromatic heterocycles. The molecule has 0 aliphatic heterocycles. The lowest BCUT2D eigenvalue weighted by molar-refractivity contribution is 0.619. The summed E-state index contributed by atoms with van der Waals surface area (Å²) in [4.78, 5) is 18.9. The fourth-order valence-corrected chi connectivity index (χ4v) is 2.56. The number of halogens is 1. The molecule has 0 amide bonds. The molecule has 0 aliphatic rings. The minimum Gasteiger partial charge on any atom is -0.463 e. The van der Waals surface area contributed by atoms with E-state index in [4.69, 9.17) is 16.0 Å². The Kier molecular flexibility index (Phi) is 2.87. The molecule has 6 heteroatoms. The highest BCUT2D eigenvalue weighted by molar-refractivity contribution is 6.30. The predicted molar refractivity (Wildman–Crippen MR) is 86.9 cm³/mol. The number of nitrogens with zero attached hydrogens (tertiary/aromatic N) is 1. The Balaban J connectivity index is 1.95. The zero-order valence-electron chi connectivity index (χ0n) is 11.3. The number of furan rings is 1. The Morgan fingerprint density at radius 1 is 1.14 bits per heavy atom. The summed E-state index contributed by atoms with van der Waals surface area (Å²) >= 11 is 5.90. The molecule has 22 heavy (non-hydrogen) atoms. The third kappa shape index (κ3) is 2.03. The average Bonchev–Trinajstić information content (AvgIpc) is 3.00. The largest absolute Gasteiger partial charge is 0.463 e. The van der Waals surface area contributed by atoms with E-state index < -0.39 is 0 Å². The van der Waals surface area contributed by atoms with Crippen LogP contribution in [0.1, 0.15) is 0 Å². The number of aromatic amines is 1. The summed E-state index contributed by atoms with van der Waals surface area (Å²) in [5.74, 6) is 0. The molecule has 0 radical (unpaired) electrons. The van der Waals surface area contributed by atoms with Crippen molar-refractivity contribution in [2.24, 2.45) is 0 Å². The second-order valence-electron chi connectivity index (χ2n) is 4.83. The van der Waals surface area contributed by atoms with Gasteiger partial charge < -0.3 is 14.7 Å². The van der Waals surface area contributed by atoms with Crippen molar-refractivity contribution in [3.05, 3.63) is 64.2 Å². The first-order valence-corrected chi connectivity index (χ1v) is 7.01. The van der Waals surface area contributed by atoms with E-state index in [1.807, 2.05) is 18.2 Å². The molecule has 0 spiro atoms. The Morgan fingerprint density at radius 3 is 2.77 bits per heavy atom. The quantitative estimate of drug-likeness (QED) is 0.585. The lowest BCUT2D eigenvalue weighted by atomic mass is 10.2. The summed E-state index contributed by atoms with van der Waals surface area (Å²) in [6.45, 7) is 0. The highest BCUT2D eigenvalue weighted by atomic mass is 35.5. The second kappa shape index (κ2) is 4.89. The molecule has 1 aromatic carbocycles. The zero-order valence-corrected chi connectivity index (χ0v) is 12.0. The standard InChI is InChI=1S/C16H10ClN3O2/c17-9-1-3-10(4-2-9)19-12-5-7-18-15-13(12)14-11(6-8-22-14)16(21)20-15/h1-8H,(H2,18,19,20,21). The van der Waals surface area contributed by atoms with Gasteiger partial charge in [0, 0.05) is 16.9 Å². The maximum absolute atomic E-state index is 12.0. The molecule has 108 valence electrons. The van der Waals surface area contributed by atoms with E-state index >= 15 is 0 Å². The van der Waals surface area contributed by atoms with Crippen molar-refractivity contribution in [2.75, 3.05) is 5.32 Å². The van der Waals surface area contributed by atoms with Crippen molar-refractivity contribution in [3.8, 4) is 0 Å². The Labute approximate surface area is 129 Å². The molecule has 4 aromatic rings. The Hall–Kier alpha value is -2.79. The van der Waals surface area contributed by atoms with Crippen LogP contribution in [0.5, 0.6) is 0 Å². The van der Waals surface area contributed by atoms with Gasteiger partial charge in [0.2, 0.25) is 0 Å². The minimum atomic E-state index is -0.215. The van der Waals surface area contributed by atoms with E-state index in [9.17, 15) is 4.79 Å². The van der Waals surface area contributed by atoms with Gasteiger partial charge in [0.05, 0.1) is 22.7 Å². The van der Waals surface area contributed by atoms with Crippen LogP contribution >= 0.6 is 11.6 Å². The van der Waals surface area contributed by atoms with Crippen molar-refractivity contribution >= 4 is 45.0 Å². The van der Waals surface area contributed by atoms with E-state index in [1.54, 1.807) is 24.4 Å². The first kappa shape index (κ1) is 12.9. The first-order valence-electron chi connectivity index (χ1n) is 6.63. The predicted octanol–water partition coefficient (Wildman–Crippen LogP) is 4.07. The maximum atomic E-state index is 12.0. The van der Waals surface area contributed by atoms with Gasteiger partial charge in [0.1, 0.15) is 5.65 Å². The number of hydrogen-bond acceptors (Lipinski definition) is 4. The molecule has 5 nitrogen and oxygen atoms in total. The topological polar surface area (TPSA) is 70.9 Å². The Bertz CT molecular complexity index is 1030. The molecule has 0 saturated carbocycles. The van der Waals surface area contributed by atoms with E-state index in [-0.39, 0.29) is 5.56 Å². The molecule has 0 aliphatic carbocycles. The number of anilines is 2. The van der Waals surface area contributed by atoms with Gasteiger partial charge in [-0.2, -0.15) is 0 Å². The van der Waals surface area contributed by atoms with Crippen LogP contribution < -0.4 is 10.9 Å². The summed E-state index contributed by atoms with van der Waals surface area (Å²) in [5, 5.41) is 5.20. The molecular formula is C16H10ClN3O2. The summed E-state index contributed by atoms with van der Waals surface area (Å²) < 4.78 is 5.49. The van der Waals surface area contributed by atoms with Gasteiger partial charge in [-0.05, 0) is 36.4 Å². The van der Waals surface area contributed by atoms with E-state index in [0.29, 0.717) is 21.6 Å². The summed E-state index contributed by atoms with van der Waals surface area (Å²) in [5.41, 5.74) is 2.45. The van der Waals surface area contributed by atoms with E-state index in [2.05, 4.69) is 15.3 Å². The van der Waals surface area contributed by atoms with Gasteiger partial charge in [0.15, 0.2) is 5.58 Å². The number of fused-ring (bicyclic) bond motifs is 3. The number of pyridine rings is 2. The van der Waals surface area contributed by atoms with Crippen LogP contribution in [0, 0.1) is 0 Å². The van der Waals surface area contributed by atoms with Crippen LogP contribution in [-0.2, 0) is 0 Å². The van der Waals surface area contributed by atoms with Crippen LogP contribution in [0.15, 0.2) is 58.1 Å². The summed E-state index contributed by atoms with van der Waals surface area (Å²) in [6, 6.07) is 10.8. The number of H-pyrrole nitrogens is 1. The summed E-state index contributed by atoms with van der Waals surface area (Å²) in [7, 11) is 0. The number of rotatable bonds is 2. The second-order valence-corrected chi connectivity index (χ2v) is 5.27. The number of hydrogen-bond donors (Lipinski definition) is 2. The summed E-state index contributed by atoms with van der Waals surface area (Å²) in [6.07, 6.45) is 3.13. The molecule has 0 bridgehead atoms. The van der Waals surface area contributed by atoms with Crippen molar-refractivity contribution in [1.29, 1.82) is 0 Å². The normalized spacial score (nSPS) is 11.1. The molecule has 4 rings (SSSR count). The van der Waals surface area contributed by atoms with E-state index in [0.717, 1.165) is 16.8 Å². The van der Waals surface area contributed by atoms with Crippen LogP contribution in [0.3, 0.4) is 0 Å². The zero-order chi connectivity index (χ0) is 15.1. The highest BCUT2D eigenvalue weighted by Gasteiger charge is 2.12. The van der Waals surface area contributed by atoms with Gasteiger partial charge in [-0.15, -0.1) is 0 Å². The monoisotopic (exact) mass is 311 g/mol. The fourth-order valence-electron chi connectivity index (χ4n) is 2.44. The molecule has 0 unspecified atom stereocenters. The maximum Gasteiger partial charge on any atom is 0.260 e.